The summed E-state index contributed by atoms with van der Waals surface area (Å²) in [6, 6.07) is 11.1. The zero-order valence-electron chi connectivity index (χ0n) is 20.6. The highest BCUT2D eigenvalue weighted by atomic mass is 19.1. The fraction of sp³-hybridized carbons (Fsp3) is 0.308. The van der Waals surface area contributed by atoms with Crippen LogP contribution in [0.4, 0.5) is 21.7 Å². The molecule has 1 fully saturated rings. The van der Waals surface area contributed by atoms with Crippen LogP contribution in [0.5, 0.6) is 11.5 Å². The van der Waals surface area contributed by atoms with Crippen molar-refractivity contribution in [3.05, 3.63) is 60.3 Å². The van der Waals surface area contributed by atoms with Crippen molar-refractivity contribution >= 4 is 34.1 Å². The number of hydrogen-bond donors (Lipinski definition) is 3. The summed E-state index contributed by atoms with van der Waals surface area (Å²) >= 11 is 0. The van der Waals surface area contributed by atoms with Gasteiger partial charge < -0.3 is 25.0 Å². The van der Waals surface area contributed by atoms with E-state index in [1.54, 1.807) is 19.2 Å². The number of nitrogens with zero attached hydrogens (tertiary/aromatic N) is 4. The Hall–Kier alpha value is -4.25. The van der Waals surface area contributed by atoms with Crippen LogP contribution in [0, 0.1) is 5.82 Å². The van der Waals surface area contributed by atoms with E-state index in [1.165, 1.54) is 24.5 Å². The third kappa shape index (κ3) is 5.95. The summed E-state index contributed by atoms with van der Waals surface area (Å²) in [5, 5.41) is 13.7. The molecule has 2 aromatic carbocycles. The number of nitrogens with one attached hydrogen (secondary N) is 3. The number of ether oxygens (including phenoxy) is 2. The fourth-order valence-electron chi connectivity index (χ4n) is 4.30. The van der Waals surface area contributed by atoms with Crippen molar-refractivity contribution in [2.45, 2.75) is 25.4 Å². The van der Waals surface area contributed by atoms with Crippen LogP contribution in [-0.4, -0.2) is 64.3 Å². The Bertz CT molecular complexity index is 1400. The lowest BCUT2D eigenvalue weighted by Crippen LogP contribution is -2.35. The average Bonchev–Trinajstić information content (AvgIpc) is 3.31. The lowest BCUT2D eigenvalue weighted by Gasteiger charge is -2.29. The number of aromatic nitrogens is 4. The summed E-state index contributed by atoms with van der Waals surface area (Å²) in [7, 11) is 3.72. The summed E-state index contributed by atoms with van der Waals surface area (Å²) < 4.78 is 25.3. The van der Waals surface area contributed by atoms with Gasteiger partial charge in [0.05, 0.1) is 30.1 Å². The number of amides is 1. The maximum absolute atomic E-state index is 13.4. The normalized spacial score (nSPS) is 14.5. The molecule has 0 unspecified atom stereocenters. The molecule has 0 bridgehead atoms. The van der Waals surface area contributed by atoms with Crippen LogP contribution in [-0.2, 0) is 11.2 Å². The molecule has 0 spiro atoms. The second-order valence-corrected chi connectivity index (χ2v) is 9.00. The lowest BCUT2D eigenvalue weighted by molar-refractivity contribution is -0.115. The number of anilines is 3. The number of carbonyl (C=O) groups excluding carboxylic acids is 1. The van der Waals surface area contributed by atoms with Gasteiger partial charge in [-0.3, -0.25) is 9.89 Å². The summed E-state index contributed by atoms with van der Waals surface area (Å²) in [4.78, 5) is 23.5. The van der Waals surface area contributed by atoms with E-state index < -0.39 is 5.82 Å². The van der Waals surface area contributed by atoms with Gasteiger partial charge in [0.2, 0.25) is 5.91 Å². The maximum Gasteiger partial charge on any atom is 0.230 e. The van der Waals surface area contributed by atoms with E-state index in [-0.39, 0.29) is 18.4 Å². The van der Waals surface area contributed by atoms with Crippen molar-refractivity contribution in [2.75, 3.05) is 37.9 Å². The molecule has 4 aromatic rings. The largest absolute Gasteiger partial charge is 0.497 e. The molecule has 2 aromatic heterocycles. The van der Waals surface area contributed by atoms with Crippen LogP contribution < -0.4 is 20.1 Å². The zero-order chi connectivity index (χ0) is 25.8. The molecular weight excluding hydrogens is 477 g/mol. The second-order valence-electron chi connectivity index (χ2n) is 9.00. The van der Waals surface area contributed by atoms with Crippen LogP contribution in [0.2, 0.25) is 0 Å². The minimum absolute atomic E-state index is 0.0148. The smallest absolute Gasteiger partial charge is 0.230 e. The molecular formula is C26H28FN7O3. The van der Waals surface area contributed by atoms with E-state index in [4.69, 9.17) is 9.47 Å². The van der Waals surface area contributed by atoms with E-state index in [9.17, 15) is 9.18 Å². The average molecular weight is 506 g/mol. The fourth-order valence-corrected chi connectivity index (χ4v) is 4.30. The topological polar surface area (TPSA) is 117 Å². The van der Waals surface area contributed by atoms with Crippen molar-refractivity contribution in [3.8, 4) is 11.5 Å². The molecule has 0 radical (unpaired) electrons. The molecule has 0 saturated carbocycles. The third-order valence-corrected chi connectivity index (χ3v) is 6.20. The van der Waals surface area contributed by atoms with Gasteiger partial charge in [0.15, 0.2) is 0 Å². The van der Waals surface area contributed by atoms with Gasteiger partial charge in [-0.1, -0.05) is 6.07 Å². The second kappa shape index (κ2) is 10.8. The Morgan fingerprint density at radius 2 is 2.03 bits per heavy atom. The van der Waals surface area contributed by atoms with Crippen molar-refractivity contribution in [2.24, 2.45) is 0 Å². The maximum atomic E-state index is 13.4. The highest BCUT2D eigenvalue weighted by Crippen LogP contribution is 2.36. The number of methoxy groups -OCH3 is 1. The monoisotopic (exact) mass is 505 g/mol. The van der Waals surface area contributed by atoms with Crippen molar-refractivity contribution in [1.29, 1.82) is 0 Å². The molecule has 37 heavy (non-hydrogen) atoms. The molecule has 1 aliphatic rings. The first-order chi connectivity index (χ1) is 18.0. The van der Waals surface area contributed by atoms with Gasteiger partial charge in [0, 0.05) is 37.0 Å². The number of aromatic amines is 1. The van der Waals surface area contributed by atoms with E-state index in [2.05, 4.69) is 42.7 Å². The summed E-state index contributed by atoms with van der Waals surface area (Å²) in [5.41, 5.74) is 1.58. The number of fused-ring (bicyclic) bond motifs is 1. The Morgan fingerprint density at radius 1 is 1.19 bits per heavy atom. The molecule has 11 heteroatoms. The lowest BCUT2D eigenvalue weighted by atomic mass is 10.1. The number of H-pyrrole nitrogens is 1. The number of piperidine rings is 1. The van der Waals surface area contributed by atoms with Crippen LogP contribution in [0.1, 0.15) is 18.5 Å². The summed E-state index contributed by atoms with van der Waals surface area (Å²) in [5.74, 6) is 1.65. The third-order valence-electron chi connectivity index (χ3n) is 6.20. The quantitative estimate of drug-likeness (QED) is 0.330. The van der Waals surface area contributed by atoms with Crippen molar-refractivity contribution < 1.29 is 18.7 Å². The molecule has 3 N–H and O–H groups in total. The highest BCUT2D eigenvalue weighted by molar-refractivity contribution is 5.97. The van der Waals surface area contributed by atoms with Gasteiger partial charge in [-0.15, -0.1) is 0 Å². The molecule has 0 atom stereocenters. The SMILES string of the molecule is COc1cc(OC2CCN(C)CC2)c2c(Nc3cc(CC(=O)Nc4cccc(F)c4)n[nH]3)ncnc2c1. The molecule has 1 amide bonds. The van der Waals surface area contributed by atoms with Crippen LogP contribution in [0.3, 0.4) is 0 Å². The first-order valence-electron chi connectivity index (χ1n) is 12.0. The zero-order valence-corrected chi connectivity index (χ0v) is 20.6. The molecule has 1 saturated heterocycles. The van der Waals surface area contributed by atoms with Gasteiger partial charge in [-0.05, 0) is 38.1 Å². The van der Waals surface area contributed by atoms with Crippen LogP contribution in [0.25, 0.3) is 10.9 Å². The Labute approximate surface area is 213 Å². The molecule has 1 aliphatic heterocycles. The highest BCUT2D eigenvalue weighted by Gasteiger charge is 2.21. The summed E-state index contributed by atoms with van der Waals surface area (Å²) in [6.07, 6.45) is 3.41. The minimum Gasteiger partial charge on any atom is -0.497 e. The number of likely N-dealkylation sites (tertiary alicyclic amines) is 1. The predicted molar refractivity (Wildman–Crippen MR) is 138 cm³/mol. The first kappa shape index (κ1) is 24.4. The van der Waals surface area contributed by atoms with E-state index >= 15 is 0 Å². The van der Waals surface area contributed by atoms with Crippen LogP contribution in [0.15, 0.2) is 48.8 Å². The van der Waals surface area contributed by atoms with Crippen molar-refractivity contribution in [3.63, 3.8) is 0 Å². The standard InChI is InChI=1S/C26H28FN7O3/c1-34-8-6-19(7-9-34)37-22-14-20(36-2)13-21-25(22)26(29-15-28-21)31-23-11-18(32-33-23)12-24(35)30-17-5-3-4-16(27)10-17/h3-5,10-11,13-15,19H,6-9,12H2,1-2H3,(H,30,35)(H2,28,29,31,32,33). The molecule has 192 valence electrons. The summed E-state index contributed by atoms with van der Waals surface area (Å²) in [6.45, 7) is 1.94. The van der Waals surface area contributed by atoms with Gasteiger partial charge in [-0.25, -0.2) is 14.4 Å². The van der Waals surface area contributed by atoms with Gasteiger partial charge in [0.1, 0.15) is 41.4 Å². The van der Waals surface area contributed by atoms with Gasteiger partial charge in [0.25, 0.3) is 0 Å². The van der Waals surface area contributed by atoms with E-state index in [1.807, 2.05) is 12.1 Å². The number of benzene rings is 2. The number of halogens is 1. The van der Waals surface area contributed by atoms with Crippen LogP contribution >= 0.6 is 0 Å². The number of hydrogen-bond acceptors (Lipinski definition) is 8. The Morgan fingerprint density at radius 3 is 2.81 bits per heavy atom. The van der Waals surface area contributed by atoms with E-state index in [0.717, 1.165) is 31.3 Å². The number of rotatable bonds is 8. The predicted octanol–water partition coefficient (Wildman–Crippen LogP) is 3.90. The van der Waals surface area contributed by atoms with Gasteiger partial charge in [-0.2, -0.15) is 5.10 Å². The van der Waals surface area contributed by atoms with E-state index in [0.29, 0.717) is 40.0 Å². The first-order valence-corrected chi connectivity index (χ1v) is 12.0. The van der Waals surface area contributed by atoms with Crippen molar-refractivity contribution in [1.82, 2.24) is 25.1 Å². The Kier molecular flexibility index (Phi) is 7.13. The molecule has 10 nitrogen and oxygen atoms in total. The Balaban J connectivity index is 1.34. The molecule has 3 heterocycles. The van der Waals surface area contributed by atoms with Gasteiger partial charge >= 0.3 is 0 Å². The minimum atomic E-state index is -0.419. The molecule has 5 rings (SSSR count). The number of carbonyl (C=O) groups is 1. The molecule has 0 aliphatic carbocycles.